The number of thiazole rings is 1. The third kappa shape index (κ3) is 4.81. The summed E-state index contributed by atoms with van der Waals surface area (Å²) < 4.78 is 0. The van der Waals surface area contributed by atoms with Gasteiger partial charge in [-0.1, -0.05) is 27.2 Å². The average Bonchev–Trinajstić information content (AvgIpc) is 3.25. The SMILES string of the molecule is CCCC(NC(=O)c1sc(CC(C)C)nc1C)C(=O)N1CCc2sccc2C1. The molecule has 0 fully saturated rings. The number of thiophene rings is 1. The molecule has 1 aliphatic rings. The third-order valence-electron chi connectivity index (χ3n) is 4.93. The van der Waals surface area contributed by atoms with Crippen LogP contribution in [0.5, 0.6) is 0 Å². The number of nitrogens with one attached hydrogen (secondary N) is 1. The predicted octanol–water partition coefficient (Wildman–Crippen LogP) is 4.19. The van der Waals surface area contributed by atoms with Gasteiger partial charge < -0.3 is 10.2 Å². The molecule has 28 heavy (non-hydrogen) atoms. The first kappa shape index (κ1) is 21.0. The van der Waals surface area contributed by atoms with E-state index in [1.807, 2.05) is 18.7 Å². The second-order valence-electron chi connectivity index (χ2n) is 7.81. The van der Waals surface area contributed by atoms with Crippen molar-refractivity contribution in [3.63, 3.8) is 0 Å². The van der Waals surface area contributed by atoms with Gasteiger partial charge in [-0.25, -0.2) is 4.98 Å². The van der Waals surface area contributed by atoms with Crippen LogP contribution in [0.4, 0.5) is 0 Å². The Labute approximate surface area is 175 Å². The third-order valence-corrected chi connectivity index (χ3v) is 7.13. The predicted molar refractivity (Wildman–Crippen MR) is 115 cm³/mol. The van der Waals surface area contributed by atoms with E-state index in [9.17, 15) is 9.59 Å². The summed E-state index contributed by atoms with van der Waals surface area (Å²) in [4.78, 5) is 34.4. The Hall–Kier alpha value is -1.73. The van der Waals surface area contributed by atoms with Crippen molar-refractivity contribution >= 4 is 34.5 Å². The molecule has 152 valence electrons. The van der Waals surface area contributed by atoms with E-state index in [4.69, 9.17) is 0 Å². The zero-order chi connectivity index (χ0) is 20.3. The molecule has 0 aliphatic carbocycles. The van der Waals surface area contributed by atoms with Gasteiger partial charge in [0.2, 0.25) is 5.91 Å². The maximum Gasteiger partial charge on any atom is 0.263 e. The number of fused-ring (bicyclic) bond motifs is 1. The fourth-order valence-corrected chi connectivity index (χ4v) is 5.60. The van der Waals surface area contributed by atoms with Crippen molar-refractivity contribution < 1.29 is 9.59 Å². The molecule has 2 aromatic rings. The van der Waals surface area contributed by atoms with E-state index in [-0.39, 0.29) is 11.8 Å². The highest BCUT2D eigenvalue weighted by Crippen LogP contribution is 2.25. The standard InChI is InChI=1S/C21H29N3O2S2/c1-5-6-16(21(26)24-9-7-17-15(12-24)8-10-27-17)23-20(25)19-14(4)22-18(28-19)11-13(2)3/h8,10,13,16H,5-7,9,11-12H2,1-4H3,(H,23,25). The van der Waals surface area contributed by atoms with Crippen LogP contribution in [-0.4, -0.2) is 34.3 Å². The maximum atomic E-state index is 13.1. The Morgan fingerprint density at radius 2 is 2.14 bits per heavy atom. The van der Waals surface area contributed by atoms with E-state index in [2.05, 4.69) is 35.6 Å². The zero-order valence-corrected chi connectivity index (χ0v) is 18.7. The average molecular weight is 420 g/mol. The lowest BCUT2D eigenvalue weighted by Gasteiger charge is -2.30. The van der Waals surface area contributed by atoms with Crippen molar-refractivity contribution in [2.24, 2.45) is 5.92 Å². The summed E-state index contributed by atoms with van der Waals surface area (Å²) >= 11 is 3.21. The number of amides is 2. The van der Waals surface area contributed by atoms with Gasteiger partial charge in [-0.2, -0.15) is 0 Å². The molecule has 0 aromatic carbocycles. The number of aryl methyl sites for hydroxylation is 1. The van der Waals surface area contributed by atoms with E-state index in [0.717, 1.165) is 36.5 Å². The van der Waals surface area contributed by atoms with E-state index in [0.29, 0.717) is 23.8 Å². The smallest absolute Gasteiger partial charge is 0.263 e. The normalized spacial score (nSPS) is 14.8. The number of aromatic nitrogens is 1. The van der Waals surface area contributed by atoms with Crippen molar-refractivity contribution in [2.75, 3.05) is 6.54 Å². The Morgan fingerprint density at radius 3 is 2.86 bits per heavy atom. The van der Waals surface area contributed by atoms with Crippen LogP contribution in [0.3, 0.4) is 0 Å². The fourth-order valence-electron chi connectivity index (χ4n) is 3.53. The molecule has 2 amide bonds. The number of carbonyl (C=O) groups excluding carboxylic acids is 2. The van der Waals surface area contributed by atoms with E-state index < -0.39 is 6.04 Å². The summed E-state index contributed by atoms with van der Waals surface area (Å²) in [7, 11) is 0. The first-order valence-electron chi connectivity index (χ1n) is 10.00. The van der Waals surface area contributed by atoms with Crippen LogP contribution in [0.2, 0.25) is 0 Å². The summed E-state index contributed by atoms with van der Waals surface area (Å²) in [6.45, 7) is 9.56. The van der Waals surface area contributed by atoms with E-state index in [1.54, 1.807) is 11.3 Å². The molecule has 1 unspecified atom stereocenters. The molecule has 5 nitrogen and oxygen atoms in total. The van der Waals surface area contributed by atoms with Gasteiger partial charge in [0.05, 0.1) is 10.7 Å². The number of rotatable bonds is 7. The van der Waals surface area contributed by atoms with Crippen molar-refractivity contribution in [1.82, 2.24) is 15.2 Å². The molecular formula is C21H29N3O2S2. The fraction of sp³-hybridized carbons (Fsp3) is 0.571. The monoisotopic (exact) mass is 419 g/mol. The molecule has 1 aliphatic heterocycles. The van der Waals surface area contributed by atoms with Gasteiger partial charge in [-0.3, -0.25) is 9.59 Å². The second kappa shape index (κ2) is 9.18. The van der Waals surface area contributed by atoms with Crippen molar-refractivity contribution in [1.29, 1.82) is 0 Å². The first-order chi connectivity index (χ1) is 13.4. The lowest BCUT2D eigenvalue weighted by atomic mass is 10.1. The molecule has 7 heteroatoms. The Morgan fingerprint density at radius 1 is 1.36 bits per heavy atom. The van der Waals surface area contributed by atoms with Crippen LogP contribution < -0.4 is 5.32 Å². The van der Waals surface area contributed by atoms with Crippen LogP contribution in [0.25, 0.3) is 0 Å². The summed E-state index contributed by atoms with van der Waals surface area (Å²) in [5, 5.41) is 6.07. The highest BCUT2D eigenvalue weighted by atomic mass is 32.1. The van der Waals surface area contributed by atoms with Gasteiger partial charge in [0.25, 0.3) is 5.91 Å². The van der Waals surface area contributed by atoms with Gasteiger partial charge in [-0.05, 0) is 42.7 Å². The summed E-state index contributed by atoms with van der Waals surface area (Å²) in [5.74, 6) is 0.346. The minimum Gasteiger partial charge on any atom is -0.339 e. The van der Waals surface area contributed by atoms with Crippen LogP contribution in [0, 0.1) is 12.8 Å². The molecule has 0 radical (unpaired) electrons. The molecule has 3 heterocycles. The molecule has 2 aromatic heterocycles. The van der Waals surface area contributed by atoms with Crippen LogP contribution in [0.1, 0.15) is 64.4 Å². The molecule has 1 N–H and O–H groups in total. The molecule has 0 bridgehead atoms. The minimum absolute atomic E-state index is 0.0247. The Bertz CT molecular complexity index is 841. The lowest BCUT2D eigenvalue weighted by Crippen LogP contribution is -2.49. The number of hydrogen-bond acceptors (Lipinski definition) is 5. The van der Waals surface area contributed by atoms with Crippen molar-refractivity contribution in [2.45, 2.75) is 66.0 Å². The first-order valence-corrected chi connectivity index (χ1v) is 11.7. The van der Waals surface area contributed by atoms with Crippen LogP contribution in [-0.2, 0) is 24.2 Å². The Balaban J connectivity index is 1.69. The molecular weight excluding hydrogens is 390 g/mol. The number of nitrogens with zero attached hydrogens (tertiary/aromatic N) is 2. The molecule has 0 spiro atoms. The van der Waals surface area contributed by atoms with Crippen molar-refractivity contribution in [3.8, 4) is 0 Å². The van der Waals surface area contributed by atoms with Gasteiger partial charge in [0.15, 0.2) is 0 Å². The highest BCUT2D eigenvalue weighted by molar-refractivity contribution is 7.13. The van der Waals surface area contributed by atoms with Gasteiger partial charge in [0.1, 0.15) is 10.9 Å². The second-order valence-corrected chi connectivity index (χ2v) is 9.90. The maximum absolute atomic E-state index is 13.1. The van der Waals surface area contributed by atoms with Crippen molar-refractivity contribution in [3.05, 3.63) is 37.5 Å². The number of hydrogen-bond donors (Lipinski definition) is 1. The van der Waals surface area contributed by atoms with Gasteiger partial charge in [0, 0.05) is 24.4 Å². The molecule has 1 atom stereocenters. The largest absolute Gasteiger partial charge is 0.339 e. The van der Waals surface area contributed by atoms with Crippen LogP contribution in [0.15, 0.2) is 11.4 Å². The van der Waals surface area contributed by atoms with Gasteiger partial charge in [-0.15, -0.1) is 22.7 Å². The lowest BCUT2D eigenvalue weighted by molar-refractivity contribution is -0.134. The van der Waals surface area contributed by atoms with Gasteiger partial charge >= 0.3 is 0 Å². The summed E-state index contributed by atoms with van der Waals surface area (Å²) in [5.41, 5.74) is 1.99. The molecule has 0 saturated heterocycles. The summed E-state index contributed by atoms with van der Waals surface area (Å²) in [6.07, 6.45) is 3.26. The Kier molecular flexibility index (Phi) is 6.88. The minimum atomic E-state index is -0.479. The quantitative estimate of drug-likeness (QED) is 0.732. The highest BCUT2D eigenvalue weighted by Gasteiger charge is 2.29. The van der Waals surface area contributed by atoms with E-state index in [1.165, 1.54) is 21.8 Å². The van der Waals surface area contributed by atoms with Crippen LogP contribution >= 0.6 is 22.7 Å². The topological polar surface area (TPSA) is 62.3 Å². The number of carbonyl (C=O) groups is 2. The zero-order valence-electron chi connectivity index (χ0n) is 17.1. The van der Waals surface area contributed by atoms with E-state index >= 15 is 0 Å². The summed E-state index contributed by atoms with van der Waals surface area (Å²) in [6, 6.07) is 1.62. The molecule has 0 saturated carbocycles. The molecule has 3 rings (SSSR count).